The Hall–Kier alpha value is -2.81. The summed E-state index contributed by atoms with van der Waals surface area (Å²) in [6.45, 7) is 3.03. The number of aromatic hydroxyl groups is 2. The number of carbonyl (C=O) groups is 1. The molecule has 0 radical (unpaired) electrons. The minimum Gasteiger partial charge on any atom is -0.508 e. The summed E-state index contributed by atoms with van der Waals surface area (Å²) < 4.78 is 22.8. The number of ketones is 1. The number of carbonyl (C=O) groups excluding carboxylic acids is 1. The summed E-state index contributed by atoms with van der Waals surface area (Å²) in [5.41, 5.74) is 0.919. The summed E-state index contributed by atoms with van der Waals surface area (Å²) in [6.07, 6.45) is -12.6. The molecule has 0 spiro atoms. The van der Waals surface area contributed by atoms with Crippen LogP contribution in [0.25, 0.3) is 0 Å². The van der Waals surface area contributed by atoms with Crippen molar-refractivity contribution in [2.24, 2.45) is 0 Å². The van der Waals surface area contributed by atoms with Gasteiger partial charge in [0.25, 0.3) is 0 Å². The molecule has 0 unspecified atom stereocenters. The molecule has 2 fully saturated rings. The summed E-state index contributed by atoms with van der Waals surface area (Å²) >= 11 is 0. The first-order chi connectivity index (χ1) is 18.5. The molecule has 2 aromatic rings. The van der Waals surface area contributed by atoms with Crippen molar-refractivity contribution >= 4 is 5.78 Å². The Balaban J connectivity index is 1.41. The van der Waals surface area contributed by atoms with Crippen LogP contribution in [0.15, 0.2) is 42.5 Å². The van der Waals surface area contributed by atoms with E-state index in [4.69, 9.17) is 18.9 Å². The predicted octanol–water partition coefficient (Wildman–Crippen LogP) is -0.0286. The molecule has 39 heavy (non-hydrogen) atoms. The van der Waals surface area contributed by atoms with E-state index in [1.54, 1.807) is 31.2 Å². The number of aliphatic hydroxyl groups excluding tert-OH is 5. The van der Waals surface area contributed by atoms with Crippen LogP contribution in [0, 0.1) is 0 Å². The molecule has 2 aliphatic rings. The third-order valence-electron chi connectivity index (χ3n) is 6.98. The average molecular weight is 551 g/mol. The lowest BCUT2D eigenvalue weighted by molar-refractivity contribution is -0.352. The summed E-state index contributed by atoms with van der Waals surface area (Å²) in [7, 11) is 0. The van der Waals surface area contributed by atoms with Gasteiger partial charge in [-0.2, -0.15) is 0 Å². The number of Topliss-reactive ketones (excluding diaryl/α,β-unsaturated/α-hetero) is 1. The molecule has 12 heteroatoms. The lowest BCUT2D eigenvalue weighted by atomic mass is 9.98. The van der Waals surface area contributed by atoms with Crippen molar-refractivity contribution in [2.75, 3.05) is 0 Å². The number of ether oxygens (including phenoxy) is 4. The van der Waals surface area contributed by atoms with Crippen molar-refractivity contribution in [1.82, 2.24) is 0 Å². The minimum absolute atomic E-state index is 0.116. The Labute approximate surface area is 224 Å². The van der Waals surface area contributed by atoms with Crippen molar-refractivity contribution < 1.29 is 59.5 Å². The van der Waals surface area contributed by atoms with Crippen LogP contribution in [0.5, 0.6) is 17.2 Å². The second kappa shape index (κ2) is 12.1. The summed E-state index contributed by atoms with van der Waals surface area (Å²) in [5.74, 6) is -0.395. The van der Waals surface area contributed by atoms with Crippen LogP contribution in [-0.2, 0) is 20.6 Å². The highest BCUT2D eigenvalue weighted by Gasteiger charge is 2.50. The standard InChI is InChI=1S/C27H34O12/c1-12-20(31)22(33)24(35)26(36-12)39-25-23(34)21(32)13(2)37-27(25)38-16-7-3-14(4-8-16)5-10-18(29)17-9-6-15(28)11-19(17)30/h3-4,6-9,11-13,20-28,30-35H,5,10H2,1-2H3/t12-,13-,20-,21-,22+,23+,24+,25+,26-,27-/m0/s1. The maximum atomic E-state index is 12.5. The number of aryl methyl sites for hydroxylation is 1. The first-order valence-corrected chi connectivity index (χ1v) is 12.6. The molecule has 0 saturated carbocycles. The fourth-order valence-corrected chi connectivity index (χ4v) is 4.54. The molecular formula is C27H34O12. The molecule has 7 N–H and O–H groups in total. The van der Waals surface area contributed by atoms with Gasteiger partial charge in [-0.05, 0) is 50.1 Å². The van der Waals surface area contributed by atoms with Crippen LogP contribution in [0.2, 0.25) is 0 Å². The van der Waals surface area contributed by atoms with Gasteiger partial charge in [0.05, 0.1) is 17.8 Å². The lowest BCUT2D eigenvalue weighted by Crippen LogP contribution is -2.63. The van der Waals surface area contributed by atoms with Crippen LogP contribution in [0.4, 0.5) is 0 Å². The highest BCUT2D eigenvalue weighted by atomic mass is 16.8. The fraction of sp³-hybridized carbons (Fsp3) is 0.519. The number of rotatable bonds is 8. The first kappa shape index (κ1) is 29.2. The Morgan fingerprint density at radius 3 is 2.05 bits per heavy atom. The van der Waals surface area contributed by atoms with Crippen LogP contribution < -0.4 is 4.74 Å². The van der Waals surface area contributed by atoms with Crippen LogP contribution in [0.3, 0.4) is 0 Å². The largest absolute Gasteiger partial charge is 0.508 e. The number of phenolic OH excluding ortho intramolecular Hbond substituents is 2. The third kappa shape index (κ3) is 6.51. The number of aliphatic hydroxyl groups is 5. The van der Waals surface area contributed by atoms with Gasteiger partial charge in [0.1, 0.15) is 47.8 Å². The van der Waals surface area contributed by atoms with Crippen molar-refractivity contribution in [1.29, 1.82) is 0 Å². The number of hydrogen-bond donors (Lipinski definition) is 7. The summed E-state index contributed by atoms with van der Waals surface area (Å²) in [4.78, 5) is 12.5. The summed E-state index contributed by atoms with van der Waals surface area (Å²) in [5, 5.41) is 70.6. The minimum atomic E-state index is -1.63. The zero-order valence-corrected chi connectivity index (χ0v) is 21.4. The second-order valence-electron chi connectivity index (χ2n) is 9.86. The van der Waals surface area contributed by atoms with Gasteiger partial charge < -0.3 is 54.7 Å². The lowest BCUT2D eigenvalue weighted by Gasteiger charge is -2.45. The Morgan fingerprint density at radius 2 is 1.41 bits per heavy atom. The monoisotopic (exact) mass is 550 g/mol. The smallest absolute Gasteiger partial charge is 0.229 e. The van der Waals surface area contributed by atoms with Gasteiger partial charge in [0.15, 0.2) is 18.2 Å². The highest BCUT2D eigenvalue weighted by Crippen LogP contribution is 2.31. The Bertz CT molecular complexity index is 1120. The number of phenols is 2. The predicted molar refractivity (Wildman–Crippen MR) is 133 cm³/mol. The van der Waals surface area contributed by atoms with E-state index in [0.29, 0.717) is 12.2 Å². The molecule has 4 rings (SSSR count). The van der Waals surface area contributed by atoms with Gasteiger partial charge in [0.2, 0.25) is 6.29 Å². The molecule has 0 amide bonds. The van der Waals surface area contributed by atoms with E-state index in [1.807, 2.05) is 0 Å². The van der Waals surface area contributed by atoms with Gasteiger partial charge in [-0.25, -0.2) is 0 Å². The molecular weight excluding hydrogens is 516 g/mol. The van der Waals surface area contributed by atoms with Crippen molar-refractivity contribution in [3.05, 3.63) is 53.6 Å². The Kier molecular flexibility index (Phi) is 9.09. The fourth-order valence-electron chi connectivity index (χ4n) is 4.54. The SMILES string of the molecule is C[C@@H]1O[C@@H](O[C@H]2[C@H](Oc3ccc(CCC(=O)c4ccc(O)cc4O)cc3)O[C@@H](C)[C@H](O)[C@H]2O)[C@H](O)[C@H](O)[C@H]1O. The van der Waals surface area contributed by atoms with Gasteiger partial charge in [0, 0.05) is 12.5 Å². The molecule has 12 nitrogen and oxygen atoms in total. The first-order valence-electron chi connectivity index (χ1n) is 12.6. The Morgan fingerprint density at radius 1 is 0.795 bits per heavy atom. The molecule has 2 saturated heterocycles. The molecule has 0 aliphatic carbocycles. The van der Waals surface area contributed by atoms with Crippen LogP contribution in [0.1, 0.15) is 36.2 Å². The maximum Gasteiger partial charge on any atom is 0.229 e. The van der Waals surface area contributed by atoms with Crippen molar-refractivity contribution in [3.8, 4) is 17.2 Å². The molecule has 2 heterocycles. The molecule has 214 valence electrons. The average Bonchev–Trinajstić information content (AvgIpc) is 2.90. The van der Waals surface area contributed by atoms with Gasteiger partial charge in [-0.1, -0.05) is 12.1 Å². The second-order valence-corrected chi connectivity index (χ2v) is 9.86. The molecule has 2 aliphatic heterocycles. The van der Waals surface area contributed by atoms with E-state index in [-0.39, 0.29) is 29.3 Å². The third-order valence-corrected chi connectivity index (χ3v) is 6.98. The van der Waals surface area contributed by atoms with Crippen LogP contribution in [-0.4, -0.2) is 103 Å². The van der Waals surface area contributed by atoms with Crippen LogP contribution >= 0.6 is 0 Å². The van der Waals surface area contributed by atoms with Gasteiger partial charge in [-0.15, -0.1) is 0 Å². The van der Waals surface area contributed by atoms with E-state index in [9.17, 15) is 40.5 Å². The van der Waals surface area contributed by atoms with Gasteiger partial charge in [-0.3, -0.25) is 4.79 Å². The quantitative estimate of drug-likeness (QED) is 0.217. The maximum absolute atomic E-state index is 12.5. The van der Waals surface area contributed by atoms with E-state index < -0.39 is 61.4 Å². The zero-order chi connectivity index (χ0) is 28.4. The van der Waals surface area contributed by atoms with E-state index in [2.05, 4.69) is 0 Å². The van der Waals surface area contributed by atoms with E-state index >= 15 is 0 Å². The normalized spacial score (nSPS) is 34.9. The number of benzene rings is 2. The molecule has 0 aromatic heterocycles. The molecule has 2 aromatic carbocycles. The summed E-state index contributed by atoms with van der Waals surface area (Å²) in [6, 6.07) is 10.5. The van der Waals surface area contributed by atoms with Crippen molar-refractivity contribution in [2.45, 2.75) is 88.1 Å². The van der Waals surface area contributed by atoms with E-state index in [0.717, 1.165) is 11.6 Å². The topological polar surface area (TPSA) is 196 Å². The molecule has 0 bridgehead atoms. The van der Waals surface area contributed by atoms with E-state index in [1.165, 1.54) is 19.1 Å². The molecule has 10 atom stereocenters. The van der Waals surface area contributed by atoms with Crippen molar-refractivity contribution in [3.63, 3.8) is 0 Å². The van der Waals surface area contributed by atoms with Gasteiger partial charge >= 0.3 is 0 Å². The zero-order valence-electron chi connectivity index (χ0n) is 21.4. The highest BCUT2D eigenvalue weighted by molar-refractivity contribution is 5.98. The number of hydrogen-bond acceptors (Lipinski definition) is 12.